The summed E-state index contributed by atoms with van der Waals surface area (Å²) in [4.78, 5) is 4.20. The van der Waals surface area contributed by atoms with Crippen molar-refractivity contribution in [3.63, 3.8) is 0 Å². The van der Waals surface area contributed by atoms with E-state index in [2.05, 4.69) is 38.5 Å². The lowest BCUT2D eigenvalue weighted by molar-refractivity contribution is 0.0487. The maximum absolute atomic E-state index is 5.52. The molecule has 1 rings (SSSR count). The fraction of sp³-hybridized carbons (Fsp3) is 0.611. The largest absolute Gasteiger partial charge is 0.496 e. The summed E-state index contributed by atoms with van der Waals surface area (Å²) in [6.45, 7) is 6.23. The number of nitrogens with zero attached hydrogens (tertiary/aromatic N) is 1. The van der Waals surface area contributed by atoms with Crippen LogP contribution in [0.15, 0.2) is 27.7 Å². The molecule has 1 aromatic rings. The van der Waals surface area contributed by atoms with Crippen molar-refractivity contribution in [1.82, 2.24) is 10.6 Å². The number of methoxy groups -OCH3 is 1. The summed E-state index contributed by atoms with van der Waals surface area (Å²) < 4.78 is 17.1. The van der Waals surface area contributed by atoms with Gasteiger partial charge in [-0.1, -0.05) is 19.4 Å². The van der Waals surface area contributed by atoms with Crippen molar-refractivity contribution in [1.29, 1.82) is 0 Å². The Hall–Kier alpha value is -0.580. The molecule has 0 spiro atoms. The number of rotatable bonds is 12. The van der Waals surface area contributed by atoms with Gasteiger partial charge in [-0.05, 0) is 40.0 Å². The minimum atomic E-state index is 0. The Morgan fingerprint density at radius 1 is 1.12 bits per heavy atom. The van der Waals surface area contributed by atoms with E-state index in [0.717, 1.165) is 41.2 Å². The van der Waals surface area contributed by atoms with Gasteiger partial charge in [-0.15, -0.1) is 24.0 Å². The first-order valence-corrected chi connectivity index (χ1v) is 9.43. The molecule has 6 nitrogen and oxygen atoms in total. The lowest BCUT2D eigenvalue weighted by Crippen LogP contribution is -2.38. The normalized spacial score (nSPS) is 11.0. The summed E-state index contributed by atoms with van der Waals surface area (Å²) in [5.74, 6) is 1.57. The molecule has 0 unspecified atom stereocenters. The fourth-order valence-corrected chi connectivity index (χ4v) is 2.62. The van der Waals surface area contributed by atoms with E-state index in [0.29, 0.717) is 32.9 Å². The molecule has 0 aromatic heterocycles. The molecule has 2 N–H and O–H groups in total. The zero-order valence-corrected chi connectivity index (χ0v) is 19.8. The highest BCUT2D eigenvalue weighted by molar-refractivity contribution is 14.0. The standard InChI is InChI=1S/C18H30BrN3O3.HI/c1-4-5-9-24-11-12-25-10-8-21-18(20-2)22-14-15-6-7-17(23-3)16(19)13-15;/h6-7,13H,4-5,8-12,14H2,1-3H3,(H2,20,21,22);1H. The molecule has 0 aliphatic heterocycles. The van der Waals surface area contributed by atoms with Crippen LogP contribution in [0.4, 0.5) is 0 Å². The zero-order chi connectivity index (χ0) is 18.3. The van der Waals surface area contributed by atoms with E-state index in [1.165, 1.54) is 0 Å². The van der Waals surface area contributed by atoms with Gasteiger partial charge in [-0.25, -0.2) is 0 Å². The van der Waals surface area contributed by atoms with Crippen LogP contribution in [0.25, 0.3) is 0 Å². The van der Waals surface area contributed by atoms with E-state index >= 15 is 0 Å². The van der Waals surface area contributed by atoms with Crippen molar-refractivity contribution in [3.05, 3.63) is 28.2 Å². The van der Waals surface area contributed by atoms with E-state index in [1.807, 2.05) is 18.2 Å². The van der Waals surface area contributed by atoms with Crippen LogP contribution in [0.3, 0.4) is 0 Å². The van der Waals surface area contributed by atoms with Crippen LogP contribution in [0.1, 0.15) is 25.3 Å². The molecule has 0 atom stereocenters. The number of guanidine groups is 1. The molecule has 0 heterocycles. The second kappa shape index (κ2) is 16.6. The number of hydrogen-bond donors (Lipinski definition) is 2. The molecule has 0 aliphatic rings. The van der Waals surface area contributed by atoms with Crippen LogP contribution in [0, 0.1) is 0 Å². The molecule has 26 heavy (non-hydrogen) atoms. The maximum Gasteiger partial charge on any atom is 0.191 e. The highest BCUT2D eigenvalue weighted by atomic mass is 127. The summed E-state index contributed by atoms with van der Waals surface area (Å²) in [6.07, 6.45) is 2.26. The molecule has 1 aromatic carbocycles. The van der Waals surface area contributed by atoms with Gasteiger partial charge >= 0.3 is 0 Å². The Labute approximate surface area is 182 Å². The highest BCUT2D eigenvalue weighted by Gasteiger charge is 2.03. The van der Waals surface area contributed by atoms with E-state index in [4.69, 9.17) is 14.2 Å². The molecular formula is C18H31BrIN3O3. The number of halogens is 2. The monoisotopic (exact) mass is 543 g/mol. The third-order valence-corrected chi connectivity index (χ3v) is 4.07. The second-order valence-corrected chi connectivity index (χ2v) is 6.25. The first kappa shape index (κ1) is 25.4. The van der Waals surface area contributed by atoms with Crippen LogP contribution in [0.5, 0.6) is 5.75 Å². The topological polar surface area (TPSA) is 64.1 Å². The van der Waals surface area contributed by atoms with E-state index in [1.54, 1.807) is 14.2 Å². The molecule has 0 amide bonds. The molecule has 0 radical (unpaired) electrons. The summed E-state index contributed by atoms with van der Waals surface area (Å²) in [7, 11) is 3.41. The highest BCUT2D eigenvalue weighted by Crippen LogP contribution is 2.25. The minimum absolute atomic E-state index is 0. The quantitative estimate of drug-likeness (QED) is 0.183. The van der Waals surface area contributed by atoms with E-state index < -0.39 is 0 Å². The van der Waals surface area contributed by atoms with Crippen LogP contribution in [-0.4, -0.2) is 53.1 Å². The average molecular weight is 544 g/mol. The number of ether oxygens (including phenoxy) is 3. The Kier molecular flexibility index (Phi) is 16.2. The van der Waals surface area contributed by atoms with Crippen molar-refractivity contribution in [2.45, 2.75) is 26.3 Å². The first-order valence-electron chi connectivity index (χ1n) is 8.63. The van der Waals surface area contributed by atoms with Crippen LogP contribution < -0.4 is 15.4 Å². The SMILES string of the molecule is CCCCOCCOCCNC(=NC)NCc1ccc(OC)c(Br)c1.I. The van der Waals surface area contributed by atoms with Crippen molar-refractivity contribution >= 4 is 45.9 Å². The molecule has 0 aliphatic carbocycles. The maximum atomic E-state index is 5.52. The summed E-state index contributed by atoms with van der Waals surface area (Å²) >= 11 is 3.49. The third-order valence-electron chi connectivity index (χ3n) is 3.45. The summed E-state index contributed by atoms with van der Waals surface area (Å²) in [6, 6.07) is 5.99. The van der Waals surface area contributed by atoms with Gasteiger partial charge in [0.05, 0.1) is 31.4 Å². The van der Waals surface area contributed by atoms with Gasteiger partial charge in [0.15, 0.2) is 5.96 Å². The molecule has 0 fully saturated rings. The number of unbranched alkanes of at least 4 members (excludes halogenated alkanes) is 1. The van der Waals surface area contributed by atoms with Gasteiger partial charge in [0.25, 0.3) is 0 Å². The van der Waals surface area contributed by atoms with Gasteiger partial charge in [-0.2, -0.15) is 0 Å². The second-order valence-electron chi connectivity index (χ2n) is 5.40. The lowest BCUT2D eigenvalue weighted by Gasteiger charge is -2.13. The molecule has 0 saturated carbocycles. The van der Waals surface area contributed by atoms with E-state index in [-0.39, 0.29) is 24.0 Å². The predicted molar refractivity (Wildman–Crippen MR) is 121 cm³/mol. The molecule has 150 valence electrons. The molecule has 8 heteroatoms. The number of hydrogen-bond acceptors (Lipinski definition) is 4. The third kappa shape index (κ3) is 11.2. The Morgan fingerprint density at radius 2 is 1.85 bits per heavy atom. The van der Waals surface area contributed by atoms with Crippen molar-refractivity contribution in [3.8, 4) is 5.75 Å². The summed E-state index contributed by atoms with van der Waals surface area (Å²) in [5, 5.41) is 6.50. The van der Waals surface area contributed by atoms with Crippen LogP contribution in [-0.2, 0) is 16.0 Å². The fourth-order valence-electron chi connectivity index (χ4n) is 2.04. The van der Waals surface area contributed by atoms with Crippen molar-refractivity contribution < 1.29 is 14.2 Å². The molecule has 0 saturated heterocycles. The van der Waals surface area contributed by atoms with Crippen LogP contribution in [0.2, 0.25) is 0 Å². The first-order chi connectivity index (χ1) is 12.2. The smallest absolute Gasteiger partial charge is 0.191 e. The van der Waals surface area contributed by atoms with Crippen molar-refractivity contribution in [2.24, 2.45) is 4.99 Å². The zero-order valence-electron chi connectivity index (χ0n) is 15.8. The van der Waals surface area contributed by atoms with E-state index in [9.17, 15) is 0 Å². The number of nitrogens with one attached hydrogen (secondary N) is 2. The van der Waals surface area contributed by atoms with Crippen LogP contribution >= 0.6 is 39.9 Å². The Bertz CT molecular complexity index is 518. The predicted octanol–water partition coefficient (Wildman–Crippen LogP) is 3.57. The van der Waals surface area contributed by atoms with Crippen molar-refractivity contribution in [2.75, 3.05) is 47.1 Å². The molecule has 0 bridgehead atoms. The van der Waals surface area contributed by atoms with Gasteiger partial charge in [0.1, 0.15) is 5.75 Å². The lowest BCUT2D eigenvalue weighted by atomic mass is 10.2. The number of benzene rings is 1. The average Bonchev–Trinajstić information content (AvgIpc) is 2.63. The summed E-state index contributed by atoms with van der Waals surface area (Å²) in [5.41, 5.74) is 1.14. The Morgan fingerprint density at radius 3 is 2.46 bits per heavy atom. The van der Waals surface area contributed by atoms with Gasteiger partial charge < -0.3 is 24.8 Å². The number of aliphatic imine (C=N–C) groups is 1. The molecular weight excluding hydrogens is 513 g/mol. The minimum Gasteiger partial charge on any atom is -0.496 e. The Balaban J connectivity index is 0.00000625. The van der Waals surface area contributed by atoms with Gasteiger partial charge in [-0.3, -0.25) is 4.99 Å². The van der Waals surface area contributed by atoms with Gasteiger partial charge in [0, 0.05) is 26.7 Å². The van der Waals surface area contributed by atoms with Gasteiger partial charge in [0.2, 0.25) is 0 Å².